The van der Waals surface area contributed by atoms with Gasteiger partial charge >= 0.3 is 6.61 Å². The normalized spacial score (nSPS) is 13.8. The molecule has 6 nitrogen and oxygen atoms in total. The van der Waals surface area contributed by atoms with Gasteiger partial charge in [0.15, 0.2) is 11.5 Å². The Bertz CT molecular complexity index is 962. The monoisotopic (exact) mass is 430 g/mol. The Kier molecular flexibility index (Phi) is 7.59. The van der Waals surface area contributed by atoms with Crippen LogP contribution in [0.3, 0.4) is 0 Å². The number of amides is 2. The van der Waals surface area contributed by atoms with E-state index < -0.39 is 6.61 Å². The van der Waals surface area contributed by atoms with Crippen molar-refractivity contribution in [3.63, 3.8) is 0 Å². The minimum Gasteiger partial charge on any atom is -0.490 e. The number of carbonyl (C=O) groups is 2. The molecular formula is C23H24F2N2O4. The Balaban J connectivity index is 1.63. The van der Waals surface area contributed by atoms with E-state index in [0.717, 1.165) is 18.5 Å². The second-order valence-electron chi connectivity index (χ2n) is 6.96. The van der Waals surface area contributed by atoms with Crippen LogP contribution in [0.1, 0.15) is 30.9 Å². The van der Waals surface area contributed by atoms with Crippen molar-refractivity contribution in [3.8, 4) is 11.5 Å². The van der Waals surface area contributed by atoms with Crippen LogP contribution in [0.4, 0.5) is 14.5 Å². The van der Waals surface area contributed by atoms with Gasteiger partial charge in [-0.15, -0.1) is 0 Å². The Morgan fingerprint density at radius 2 is 2.06 bits per heavy atom. The number of nitrogens with zero attached hydrogens (tertiary/aromatic N) is 1. The molecule has 0 aliphatic carbocycles. The third-order valence-corrected chi connectivity index (χ3v) is 4.65. The summed E-state index contributed by atoms with van der Waals surface area (Å²) in [6, 6.07) is 11.8. The predicted molar refractivity (Wildman–Crippen MR) is 113 cm³/mol. The van der Waals surface area contributed by atoms with Crippen LogP contribution in [0, 0.1) is 0 Å². The van der Waals surface area contributed by atoms with E-state index in [4.69, 9.17) is 4.74 Å². The molecule has 2 amide bonds. The molecule has 0 unspecified atom stereocenters. The molecule has 31 heavy (non-hydrogen) atoms. The van der Waals surface area contributed by atoms with Crippen molar-refractivity contribution in [1.29, 1.82) is 0 Å². The molecule has 0 aromatic heterocycles. The topological polar surface area (TPSA) is 67.9 Å². The second-order valence-corrected chi connectivity index (χ2v) is 6.96. The third kappa shape index (κ3) is 6.53. The molecule has 1 aliphatic heterocycles. The molecule has 1 N–H and O–H groups in total. The lowest BCUT2D eigenvalue weighted by molar-refractivity contribution is -0.128. The summed E-state index contributed by atoms with van der Waals surface area (Å²) in [5.41, 5.74) is 2.16. The molecule has 1 heterocycles. The van der Waals surface area contributed by atoms with Crippen LogP contribution < -0.4 is 14.8 Å². The molecule has 2 aromatic carbocycles. The summed E-state index contributed by atoms with van der Waals surface area (Å²) in [7, 11) is 0. The summed E-state index contributed by atoms with van der Waals surface area (Å²) in [5.74, 6) is -0.0877. The molecular weight excluding hydrogens is 406 g/mol. The van der Waals surface area contributed by atoms with E-state index in [1.165, 1.54) is 18.2 Å². The molecule has 1 aliphatic rings. The van der Waals surface area contributed by atoms with E-state index in [1.807, 2.05) is 18.2 Å². The Morgan fingerprint density at radius 1 is 1.23 bits per heavy atom. The number of hydrogen-bond donors (Lipinski definition) is 1. The van der Waals surface area contributed by atoms with Crippen molar-refractivity contribution in [2.45, 2.75) is 32.9 Å². The molecule has 164 valence electrons. The van der Waals surface area contributed by atoms with E-state index >= 15 is 0 Å². The molecule has 1 fully saturated rings. The van der Waals surface area contributed by atoms with Gasteiger partial charge in [-0.2, -0.15) is 8.78 Å². The molecule has 0 bridgehead atoms. The maximum Gasteiger partial charge on any atom is 0.387 e. The third-order valence-electron chi connectivity index (χ3n) is 4.65. The molecule has 8 heteroatoms. The average molecular weight is 430 g/mol. The van der Waals surface area contributed by atoms with Crippen molar-refractivity contribution in [3.05, 3.63) is 59.7 Å². The highest BCUT2D eigenvalue weighted by molar-refractivity contribution is 6.02. The highest BCUT2D eigenvalue weighted by atomic mass is 19.3. The summed E-state index contributed by atoms with van der Waals surface area (Å²) in [4.78, 5) is 25.9. The minimum atomic E-state index is -2.95. The first-order valence-corrected chi connectivity index (χ1v) is 10.0. The van der Waals surface area contributed by atoms with Gasteiger partial charge in [0.1, 0.15) is 0 Å². The number of likely N-dealkylation sites (tertiary alicyclic amines) is 1. The number of rotatable bonds is 9. The molecule has 3 rings (SSSR count). The Morgan fingerprint density at radius 3 is 2.77 bits per heavy atom. The predicted octanol–water partition coefficient (Wildman–Crippen LogP) is 4.46. The molecule has 1 saturated heterocycles. The lowest BCUT2D eigenvalue weighted by Gasteiger charge is -2.16. The zero-order chi connectivity index (χ0) is 22.2. The first-order chi connectivity index (χ1) is 14.9. The average Bonchev–Trinajstić information content (AvgIpc) is 3.12. The fourth-order valence-corrected chi connectivity index (χ4v) is 3.28. The maximum atomic E-state index is 12.5. The smallest absolute Gasteiger partial charge is 0.387 e. The molecule has 2 aromatic rings. The number of carbonyl (C=O) groups excluding carboxylic acids is 2. The van der Waals surface area contributed by atoms with E-state index in [1.54, 1.807) is 30.0 Å². The standard InChI is InChI=1S/C23H24F2N2O4/c1-2-30-20-14-16(8-10-19(20)31-23(24)25)9-11-21(28)26-18-6-3-5-17(13-18)15-27-12-4-7-22(27)29/h3,5-6,8-11,13-14,23H,2,4,7,12,15H2,1H3,(H,26,28)/b11-9+. The first kappa shape index (κ1) is 22.3. The molecule has 0 spiro atoms. The van der Waals surface area contributed by atoms with Crippen LogP contribution in [-0.4, -0.2) is 36.5 Å². The van der Waals surface area contributed by atoms with Gasteiger partial charge in [-0.1, -0.05) is 18.2 Å². The summed E-state index contributed by atoms with van der Waals surface area (Å²) in [6.07, 6.45) is 4.36. The second kappa shape index (κ2) is 10.6. The highest BCUT2D eigenvalue weighted by Gasteiger charge is 2.20. The van der Waals surface area contributed by atoms with Gasteiger partial charge in [-0.25, -0.2) is 0 Å². The van der Waals surface area contributed by atoms with Gasteiger partial charge in [0, 0.05) is 31.3 Å². The van der Waals surface area contributed by atoms with Crippen molar-refractivity contribution in [2.75, 3.05) is 18.5 Å². The lowest BCUT2D eigenvalue weighted by atomic mass is 10.1. The van der Waals surface area contributed by atoms with Crippen LogP contribution in [-0.2, 0) is 16.1 Å². The van der Waals surface area contributed by atoms with Gasteiger partial charge < -0.3 is 19.7 Å². The SMILES string of the molecule is CCOc1cc(/C=C/C(=O)Nc2cccc(CN3CCCC3=O)c2)ccc1OC(F)F. The number of halogens is 2. The van der Waals surface area contributed by atoms with Crippen LogP contribution in [0.25, 0.3) is 6.08 Å². The summed E-state index contributed by atoms with van der Waals surface area (Å²) in [5, 5.41) is 2.78. The molecule has 0 saturated carbocycles. The fraction of sp³-hybridized carbons (Fsp3) is 0.304. The number of anilines is 1. The van der Waals surface area contributed by atoms with E-state index in [0.29, 0.717) is 24.2 Å². The van der Waals surface area contributed by atoms with Crippen molar-refractivity contribution in [2.24, 2.45) is 0 Å². The van der Waals surface area contributed by atoms with Gasteiger partial charge in [-0.3, -0.25) is 9.59 Å². The van der Waals surface area contributed by atoms with Gasteiger partial charge in [0.25, 0.3) is 0 Å². The van der Waals surface area contributed by atoms with Gasteiger partial charge in [0.05, 0.1) is 6.61 Å². The van der Waals surface area contributed by atoms with Crippen molar-refractivity contribution in [1.82, 2.24) is 4.90 Å². The lowest BCUT2D eigenvalue weighted by Crippen LogP contribution is -2.23. The van der Waals surface area contributed by atoms with E-state index in [-0.39, 0.29) is 29.9 Å². The molecule has 0 atom stereocenters. The van der Waals surface area contributed by atoms with Crippen LogP contribution >= 0.6 is 0 Å². The minimum absolute atomic E-state index is 0.0632. The van der Waals surface area contributed by atoms with Crippen LogP contribution in [0.5, 0.6) is 11.5 Å². The van der Waals surface area contributed by atoms with Crippen LogP contribution in [0.2, 0.25) is 0 Å². The van der Waals surface area contributed by atoms with Gasteiger partial charge in [0.2, 0.25) is 11.8 Å². The van der Waals surface area contributed by atoms with Crippen LogP contribution in [0.15, 0.2) is 48.5 Å². The maximum absolute atomic E-state index is 12.5. The van der Waals surface area contributed by atoms with Crippen molar-refractivity contribution >= 4 is 23.6 Å². The number of ether oxygens (including phenoxy) is 2. The molecule has 0 radical (unpaired) electrons. The number of hydrogen-bond acceptors (Lipinski definition) is 4. The van der Waals surface area contributed by atoms with Gasteiger partial charge in [-0.05, 0) is 54.8 Å². The zero-order valence-corrected chi connectivity index (χ0v) is 17.1. The first-order valence-electron chi connectivity index (χ1n) is 10.0. The Labute approximate surface area is 179 Å². The summed E-state index contributed by atoms with van der Waals surface area (Å²) >= 11 is 0. The highest BCUT2D eigenvalue weighted by Crippen LogP contribution is 2.30. The summed E-state index contributed by atoms with van der Waals surface area (Å²) < 4.78 is 34.8. The number of alkyl halides is 2. The fourth-order valence-electron chi connectivity index (χ4n) is 3.28. The Hall–Kier alpha value is -3.42. The van der Waals surface area contributed by atoms with E-state index in [2.05, 4.69) is 10.1 Å². The largest absolute Gasteiger partial charge is 0.490 e. The van der Waals surface area contributed by atoms with E-state index in [9.17, 15) is 18.4 Å². The number of nitrogens with one attached hydrogen (secondary N) is 1. The number of benzene rings is 2. The quantitative estimate of drug-likeness (QED) is 0.597. The zero-order valence-electron chi connectivity index (χ0n) is 17.1. The van der Waals surface area contributed by atoms with Crippen molar-refractivity contribution < 1.29 is 27.8 Å². The summed E-state index contributed by atoms with van der Waals surface area (Å²) in [6.45, 7) is 0.336.